The van der Waals surface area contributed by atoms with E-state index in [1.807, 2.05) is 0 Å². The topological polar surface area (TPSA) is 78.6 Å². The predicted molar refractivity (Wildman–Crippen MR) is 117 cm³/mol. The fourth-order valence-corrected chi connectivity index (χ4v) is 3.37. The van der Waals surface area contributed by atoms with E-state index in [9.17, 15) is 0 Å². The third-order valence-corrected chi connectivity index (χ3v) is 4.99. The van der Waals surface area contributed by atoms with E-state index in [4.69, 9.17) is 4.52 Å². The molecule has 0 spiro atoms. The number of nitrogens with one attached hydrogen (secondary N) is 2. The molecule has 2 N–H and O–H groups in total. The number of aromatic nitrogens is 2. The smallest absolute Gasteiger partial charge is 0.232 e. The second kappa shape index (κ2) is 9.29. The maximum absolute atomic E-state index is 5.36. The lowest BCUT2D eigenvalue weighted by Gasteiger charge is -2.35. The Labute approximate surface area is 174 Å². The first kappa shape index (κ1) is 21.1. The number of aliphatic imine (C=N–C) groups is 1. The molecular weight excluding hydrogens is 364 g/mol. The Hall–Kier alpha value is -2.57. The summed E-state index contributed by atoms with van der Waals surface area (Å²) >= 11 is 0. The minimum atomic E-state index is -0.154. The molecular formula is C22H34N6O. The quantitative estimate of drug-likeness (QED) is 0.594. The van der Waals surface area contributed by atoms with Crippen LogP contribution in [0, 0.1) is 6.92 Å². The average Bonchev–Trinajstić information content (AvgIpc) is 3.17. The molecule has 2 aromatic rings. The molecule has 1 aliphatic heterocycles. The van der Waals surface area contributed by atoms with Crippen LogP contribution in [-0.4, -0.2) is 41.8 Å². The first-order valence-corrected chi connectivity index (χ1v) is 10.5. The lowest BCUT2D eigenvalue weighted by atomic mass is 9.97. The van der Waals surface area contributed by atoms with Gasteiger partial charge < -0.3 is 20.1 Å². The van der Waals surface area contributed by atoms with E-state index < -0.39 is 0 Å². The number of aryl methyl sites for hydroxylation is 1. The van der Waals surface area contributed by atoms with E-state index in [0.29, 0.717) is 24.3 Å². The fraction of sp³-hybridized carbons (Fsp3) is 0.591. The normalized spacial score (nSPS) is 18.0. The van der Waals surface area contributed by atoms with Crippen LogP contribution in [0.15, 0.2) is 33.8 Å². The van der Waals surface area contributed by atoms with Crippen molar-refractivity contribution in [3.63, 3.8) is 0 Å². The average molecular weight is 399 g/mol. The summed E-state index contributed by atoms with van der Waals surface area (Å²) < 4.78 is 5.36. The molecule has 0 bridgehead atoms. The highest BCUT2D eigenvalue weighted by atomic mass is 16.5. The zero-order valence-corrected chi connectivity index (χ0v) is 18.3. The second-order valence-electron chi connectivity index (χ2n) is 8.73. The molecule has 7 heteroatoms. The zero-order valence-electron chi connectivity index (χ0n) is 18.3. The Morgan fingerprint density at radius 2 is 2.03 bits per heavy atom. The Bertz CT molecular complexity index is 805. The second-order valence-corrected chi connectivity index (χ2v) is 8.73. The van der Waals surface area contributed by atoms with Gasteiger partial charge in [0.05, 0.1) is 0 Å². The zero-order chi connectivity index (χ0) is 20.9. The third kappa shape index (κ3) is 5.95. The molecule has 1 unspecified atom stereocenters. The SMILES string of the molecule is CCNC(=NCc1noc(C(C)(C)C)n1)NC1CCCN(c2ccc(C)cc2)C1. The van der Waals surface area contributed by atoms with Crippen LogP contribution in [-0.2, 0) is 12.0 Å². The van der Waals surface area contributed by atoms with E-state index in [1.54, 1.807) is 0 Å². The van der Waals surface area contributed by atoms with Crippen LogP contribution in [0.5, 0.6) is 0 Å². The molecule has 1 aromatic heterocycles. The van der Waals surface area contributed by atoms with Crippen molar-refractivity contribution in [3.8, 4) is 0 Å². The van der Waals surface area contributed by atoms with E-state index in [2.05, 4.69) is 89.6 Å². The van der Waals surface area contributed by atoms with E-state index >= 15 is 0 Å². The van der Waals surface area contributed by atoms with Crippen LogP contribution in [0.4, 0.5) is 5.69 Å². The number of guanidine groups is 1. The van der Waals surface area contributed by atoms with Crippen molar-refractivity contribution in [2.24, 2.45) is 4.99 Å². The van der Waals surface area contributed by atoms with Gasteiger partial charge in [0, 0.05) is 36.8 Å². The van der Waals surface area contributed by atoms with E-state index in [1.165, 1.54) is 11.3 Å². The number of rotatable bonds is 5. The molecule has 29 heavy (non-hydrogen) atoms. The molecule has 0 amide bonds. The van der Waals surface area contributed by atoms with Crippen LogP contribution in [0.2, 0.25) is 0 Å². The van der Waals surface area contributed by atoms with Crippen LogP contribution in [0.25, 0.3) is 0 Å². The maximum atomic E-state index is 5.36. The molecule has 1 aromatic carbocycles. The van der Waals surface area contributed by atoms with Gasteiger partial charge in [-0.25, -0.2) is 4.99 Å². The van der Waals surface area contributed by atoms with Gasteiger partial charge in [0.15, 0.2) is 11.8 Å². The van der Waals surface area contributed by atoms with Crippen LogP contribution >= 0.6 is 0 Å². The van der Waals surface area contributed by atoms with Crippen LogP contribution in [0.1, 0.15) is 57.8 Å². The fourth-order valence-electron chi connectivity index (χ4n) is 3.37. The van der Waals surface area contributed by atoms with Crippen molar-refractivity contribution in [3.05, 3.63) is 41.5 Å². The highest BCUT2D eigenvalue weighted by molar-refractivity contribution is 5.80. The number of piperidine rings is 1. The summed E-state index contributed by atoms with van der Waals surface area (Å²) in [5, 5.41) is 11.0. The molecule has 7 nitrogen and oxygen atoms in total. The van der Waals surface area contributed by atoms with Crippen molar-refractivity contribution in [1.29, 1.82) is 0 Å². The first-order valence-electron chi connectivity index (χ1n) is 10.5. The number of hydrogen-bond donors (Lipinski definition) is 2. The number of benzene rings is 1. The largest absolute Gasteiger partial charge is 0.369 e. The maximum Gasteiger partial charge on any atom is 0.232 e. The van der Waals surface area contributed by atoms with Gasteiger partial charge in [0.2, 0.25) is 5.89 Å². The number of nitrogens with zero attached hydrogens (tertiary/aromatic N) is 4. The molecule has 0 radical (unpaired) electrons. The van der Waals surface area contributed by atoms with Gasteiger partial charge in [-0.1, -0.05) is 43.6 Å². The number of anilines is 1. The molecule has 1 fully saturated rings. The minimum Gasteiger partial charge on any atom is -0.369 e. The standard InChI is InChI=1S/C22H34N6O/c1-6-23-21(24-14-19-26-20(29-27-19)22(3,4)5)25-17-8-7-13-28(15-17)18-11-9-16(2)10-12-18/h9-12,17H,6-8,13-15H2,1-5H3,(H2,23,24,25). The summed E-state index contributed by atoms with van der Waals surface area (Å²) in [5.41, 5.74) is 2.42. The van der Waals surface area contributed by atoms with Gasteiger partial charge in [-0.2, -0.15) is 4.98 Å². The molecule has 3 rings (SSSR count). The van der Waals surface area contributed by atoms with Gasteiger partial charge >= 0.3 is 0 Å². The van der Waals surface area contributed by atoms with Crippen molar-refractivity contribution in [2.75, 3.05) is 24.5 Å². The molecule has 0 saturated carbocycles. The van der Waals surface area contributed by atoms with E-state index in [-0.39, 0.29) is 5.41 Å². The van der Waals surface area contributed by atoms with Crippen molar-refractivity contribution < 1.29 is 4.52 Å². The lowest BCUT2D eigenvalue weighted by molar-refractivity contribution is 0.318. The first-order chi connectivity index (χ1) is 13.8. The Morgan fingerprint density at radius 1 is 1.28 bits per heavy atom. The van der Waals surface area contributed by atoms with Crippen LogP contribution in [0.3, 0.4) is 0 Å². The van der Waals surface area contributed by atoms with Gasteiger partial charge in [0.1, 0.15) is 6.54 Å². The minimum absolute atomic E-state index is 0.154. The van der Waals surface area contributed by atoms with Crippen molar-refractivity contribution in [2.45, 2.75) is 65.5 Å². The van der Waals surface area contributed by atoms with Gasteiger partial charge in [-0.3, -0.25) is 0 Å². The highest BCUT2D eigenvalue weighted by Gasteiger charge is 2.23. The molecule has 158 valence electrons. The summed E-state index contributed by atoms with van der Waals surface area (Å²) in [6.07, 6.45) is 2.29. The summed E-state index contributed by atoms with van der Waals surface area (Å²) in [7, 11) is 0. The highest BCUT2D eigenvalue weighted by Crippen LogP contribution is 2.21. The van der Waals surface area contributed by atoms with E-state index in [0.717, 1.165) is 38.4 Å². The molecule has 1 saturated heterocycles. The lowest BCUT2D eigenvalue weighted by Crippen LogP contribution is -2.51. The van der Waals surface area contributed by atoms with Crippen molar-refractivity contribution in [1.82, 2.24) is 20.8 Å². The predicted octanol–water partition coefficient (Wildman–Crippen LogP) is 3.40. The third-order valence-electron chi connectivity index (χ3n) is 4.99. The molecule has 1 aliphatic rings. The molecule has 0 aliphatic carbocycles. The molecule has 1 atom stereocenters. The monoisotopic (exact) mass is 398 g/mol. The summed E-state index contributed by atoms with van der Waals surface area (Å²) in [6.45, 7) is 13.6. The summed E-state index contributed by atoms with van der Waals surface area (Å²) in [5.74, 6) is 2.05. The van der Waals surface area contributed by atoms with Gasteiger partial charge in [-0.05, 0) is 38.8 Å². The number of hydrogen-bond acceptors (Lipinski definition) is 5. The molecule has 2 heterocycles. The van der Waals surface area contributed by atoms with Crippen molar-refractivity contribution >= 4 is 11.6 Å². The van der Waals surface area contributed by atoms with Gasteiger partial charge in [0.25, 0.3) is 0 Å². The Kier molecular flexibility index (Phi) is 6.77. The summed E-state index contributed by atoms with van der Waals surface area (Å²) in [4.78, 5) is 11.6. The Morgan fingerprint density at radius 3 is 2.69 bits per heavy atom. The van der Waals surface area contributed by atoms with Gasteiger partial charge in [-0.15, -0.1) is 0 Å². The summed E-state index contributed by atoms with van der Waals surface area (Å²) in [6, 6.07) is 9.11. The van der Waals surface area contributed by atoms with Crippen LogP contribution < -0.4 is 15.5 Å². The Balaban J connectivity index is 1.62.